The molecule has 1 aliphatic heterocycles. The monoisotopic (exact) mass is 306 g/mol. The zero-order valence-corrected chi connectivity index (χ0v) is 12.3. The van der Waals surface area contributed by atoms with Crippen molar-refractivity contribution >= 4 is 40.5 Å². The molecule has 20 heavy (non-hydrogen) atoms. The molecular weight excluding hydrogens is 295 g/mol. The number of nitrogens with one attached hydrogen (secondary N) is 1. The predicted molar refractivity (Wildman–Crippen MR) is 82.5 cm³/mol. The van der Waals surface area contributed by atoms with Gasteiger partial charge in [0.25, 0.3) is 0 Å². The van der Waals surface area contributed by atoms with Crippen LogP contribution in [0.2, 0.25) is 10.0 Å². The summed E-state index contributed by atoms with van der Waals surface area (Å²) < 4.78 is 0. The highest BCUT2D eigenvalue weighted by molar-refractivity contribution is 6.39. The van der Waals surface area contributed by atoms with E-state index in [9.17, 15) is 4.79 Å². The van der Waals surface area contributed by atoms with Crippen LogP contribution in [0.25, 0.3) is 0 Å². The van der Waals surface area contributed by atoms with Crippen LogP contribution in [-0.4, -0.2) is 5.91 Å². The van der Waals surface area contributed by atoms with Gasteiger partial charge >= 0.3 is 0 Å². The van der Waals surface area contributed by atoms with Crippen molar-refractivity contribution in [2.24, 2.45) is 0 Å². The van der Waals surface area contributed by atoms with Gasteiger partial charge in [0.15, 0.2) is 0 Å². The number of aryl methyl sites for hydroxylation is 1. The lowest BCUT2D eigenvalue weighted by molar-refractivity contribution is -0.117. The molecule has 1 heterocycles. The SMILES string of the molecule is Cc1ccc(Cl)c(NN2C(=O)Cc3ccccc32)c1Cl. The highest BCUT2D eigenvalue weighted by atomic mass is 35.5. The number of nitrogens with zero attached hydrogens (tertiary/aromatic N) is 1. The molecular formula is C15H12Cl2N2O. The lowest BCUT2D eigenvalue weighted by Crippen LogP contribution is -2.33. The molecule has 0 saturated heterocycles. The van der Waals surface area contributed by atoms with Crippen LogP contribution in [0.4, 0.5) is 11.4 Å². The van der Waals surface area contributed by atoms with Crippen molar-refractivity contribution in [2.75, 3.05) is 10.4 Å². The van der Waals surface area contributed by atoms with Gasteiger partial charge in [-0.2, -0.15) is 0 Å². The molecule has 0 aromatic heterocycles. The summed E-state index contributed by atoms with van der Waals surface area (Å²) in [6, 6.07) is 11.3. The molecule has 0 saturated carbocycles. The van der Waals surface area contributed by atoms with E-state index in [0.717, 1.165) is 16.8 Å². The smallest absolute Gasteiger partial charge is 0.250 e. The van der Waals surface area contributed by atoms with E-state index in [1.165, 1.54) is 5.01 Å². The van der Waals surface area contributed by atoms with E-state index < -0.39 is 0 Å². The molecule has 0 bridgehead atoms. The minimum Gasteiger partial charge on any atom is -0.288 e. The van der Waals surface area contributed by atoms with Crippen LogP contribution in [0.5, 0.6) is 0 Å². The summed E-state index contributed by atoms with van der Waals surface area (Å²) in [5.41, 5.74) is 6.33. The minimum absolute atomic E-state index is 0.0279. The van der Waals surface area contributed by atoms with Crippen LogP contribution in [0.1, 0.15) is 11.1 Å². The van der Waals surface area contributed by atoms with Gasteiger partial charge in [0.1, 0.15) is 0 Å². The maximum absolute atomic E-state index is 12.1. The maximum atomic E-state index is 12.1. The highest BCUT2D eigenvalue weighted by Crippen LogP contribution is 2.36. The summed E-state index contributed by atoms with van der Waals surface area (Å²) in [5, 5.41) is 2.51. The van der Waals surface area contributed by atoms with E-state index in [4.69, 9.17) is 23.2 Å². The molecule has 0 atom stereocenters. The molecule has 0 aliphatic carbocycles. The second-order valence-corrected chi connectivity index (χ2v) is 5.48. The number of halogens is 2. The first-order chi connectivity index (χ1) is 9.58. The van der Waals surface area contributed by atoms with E-state index in [-0.39, 0.29) is 5.91 Å². The summed E-state index contributed by atoms with van der Waals surface area (Å²) in [7, 11) is 0. The number of para-hydroxylation sites is 1. The fraction of sp³-hybridized carbons (Fsp3) is 0.133. The zero-order chi connectivity index (χ0) is 14.3. The molecule has 1 amide bonds. The maximum Gasteiger partial charge on any atom is 0.250 e. The van der Waals surface area contributed by atoms with Gasteiger partial charge < -0.3 is 0 Å². The number of hydrogen-bond donors (Lipinski definition) is 1. The summed E-state index contributed by atoms with van der Waals surface area (Å²) >= 11 is 12.4. The Balaban J connectivity index is 2.01. The Morgan fingerprint density at radius 3 is 2.70 bits per heavy atom. The van der Waals surface area contributed by atoms with Crippen molar-refractivity contribution in [2.45, 2.75) is 13.3 Å². The molecule has 3 rings (SSSR count). The van der Waals surface area contributed by atoms with E-state index in [1.807, 2.05) is 37.3 Å². The third-order valence-electron chi connectivity index (χ3n) is 3.33. The molecule has 102 valence electrons. The molecule has 3 nitrogen and oxygen atoms in total. The highest BCUT2D eigenvalue weighted by Gasteiger charge is 2.28. The second kappa shape index (κ2) is 5.00. The van der Waals surface area contributed by atoms with Gasteiger partial charge in [-0.25, -0.2) is 5.01 Å². The topological polar surface area (TPSA) is 32.3 Å². The van der Waals surface area contributed by atoms with Crippen LogP contribution in [0, 0.1) is 6.92 Å². The number of fused-ring (bicyclic) bond motifs is 1. The summed E-state index contributed by atoms with van der Waals surface area (Å²) in [6.07, 6.45) is 0.379. The number of anilines is 2. The van der Waals surface area contributed by atoms with Gasteiger partial charge in [0, 0.05) is 0 Å². The Morgan fingerprint density at radius 2 is 1.90 bits per heavy atom. The van der Waals surface area contributed by atoms with Crippen LogP contribution < -0.4 is 10.4 Å². The molecule has 0 fully saturated rings. The first-order valence-corrected chi connectivity index (χ1v) is 6.95. The molecule has 2 aromatic rings. The van der Waals surface area contributed by atoms with Crippen molar-refractivity contribution in [3.05, 3.63) is 57.6 Å². The van der Waals surface area contributed by atoms with Crippen molar-refractivity contribution < 1.29 is 4.79 Å². The molecule has 2 aromatic carbocycles. The van der Waals surface area contributed by atoms with Crippen LogP contribution in [0.3, 0.4) is 0 Å². The van der Waals surface area contributed by atoms with Gasteiger partial charge in [-0.3, -0.25) is 10.2 Å². The van der Waals surface area contributed by atoms with Gasteiger partial charge in [-0.15, -0.1) is 0 Å². The average Bonchev–Trinajstić information content (AvgIpc) is 2.75. The quantitative estimate of drug-likeness (QED) is 0.901. The summed E-state index contributed by atoms with van der Waals surface area (Å²) in [5.74, 6) is -0.0279. The van der Waals surface area contributed by atoms with Crippen molar-refractivity contribution in [1.29, 1.82) is 0 Å². The number of rotatable bonds is 2. The van der Waals surface area contributed by atoms with Crippen molar-refractivity contribution in [1.82, 2.24) is 0 Å². The van der Waals surface area contributed by atoms with Gasteiger partial charge in [0.05, 0.1) is 27.8 Å². The number of carbonyl (C=O) groups is 1. The normalized spacial score (nSPS) is 13.6. The van der Waals surface area contributed by atoms with E-state index in [0.29, 0.717) is 22.2 Å². The summed E-state index contributed by atoms with van der Waals surface area (Å²) in [6.45, 7) is 1.89. The fourth-order valence-corrected chi connectivity index (χ4v) is 2.70. The first kappa shape index (κ1) is 13.3. The number of benzene rings is 2. The average molecular weight is 307 g/mol. The van der Waals surface area contributed by atoms with Crippen molar-refractivity contribution in [3.63, 3.8) is 0 Å². The number of hydrogen-bond acceptors (Lipinski definition) is 2. The van der Waals surface area contributed by atoms with E-state index >= 15 is 0 Å². The Kier molecular flexibility index (Phi) is 3.32. The number of carbonyl (C=O) groups excluding carboxylic acids is 1. The minimum atomic E-state index is -0.0279. The number of amides is 1. The van der Waals surface area contributed by atoms with Crippen LogP contribution in [-0.2, 0) is 11.2 Å². The van der Waals surface area contributed by atoms with Crippen LogP contribution in [0.15, 0.2) is 36.4 Å². The molecule has 5 heteroatoms. The van der Waals surface area contributed by atoms with E-state index in [2.05, 4.69) is 5.43 Å². The first-order valence-electron chi connectivity index (χ1n) is 6.20. The Hall–Kier alpha value is -1.71. The number of hydrazine groups is 1. The Bertz CT molecular complexity index is 700. The Morgan fingerprint density at radius 1 is 1.15 bits per heavy atom. The predicted octanol–water partition coefficient (Wildman–Crippen LogP) is 4.22. The standard InChI is InChI=1S/C15H12Cl2N2O/c1-9-6-7-11(16)15(14(9)17)18-19-12-5-3-2-4-10(12)8-13(19)20/h2-7,18H,8H2,1H3. The lowest BCUT2D eigenvalue weighted by atomic mass is 10.2. The fourth-order valence-electron chi connectivity index (χ4n) is 2.25. The lowest BCUT2D eigenvalue weighted by Gasteiger charge is -2.22. The third-order valence-corrected chi connectivity index (χ3v) is 4.13. The molecule has 1 N–H and O–H groups in total. The molecule has 0 spiro atoms. The molecule has 1 aliphatic rings. The molecule has 0 radical (unpaired) electrons. The largest absolute Gasteiger partial charge is 0.288 e. The van der Waals surface area contributed by atoms with Gasteiger partial charge in [-0.1, -0.05) is 47.5 Å². The third kappa shape index (κ3) is 2.13. The van der Waals surface area contributed by atoms with Gasteiger partial charge in [-0.05, 0) is 30.2 Å². The second-order valence-electron chi connectivity index (χ2n) is 4.70. The van der Waals surface area contributed by atoms with Gasteiger partial charge in [0.2, 0.25) is 5.91 Å². The van der Waals surface area contributed by atoms with Crippen LogP contribution >= 0.6 is 23.2 Å². The molecule has 0 unspecified atom stereocenters. The zero-order valence-electron chi connectivity index (χ0n) is 10.8. The van der Waals surface area contributed by atoms with Crippen molar-refractivity contribution in [3.8, 4) is 0 Å². The summed E-state index contributed by atoms with van der Waals surface area (Å²) in [4.78, 5) is 12.1. The Labute approximate surface area is 127 Å². The van der Waals surface area contributed by atoms with E-state index in [1.54, 1.807) is 6.07 Å².